The molecule has 0 saturated heterocycles. The molecule has 3 aromatic carbocycles. The van der Waals surface area contributed by atoms with Gasteiger partial charge >= 0.3 is 0 Å². The molecule has 0 radical (unpaired) electrons. The maximum atomic E-state index is 14.3. The fourth-order valence-electron chi connectivity index (χ4n) is 5.18. The number of anilines is 1. The molecule has 0 aromatic heterocycles. The van der Waals surface area contributed by atoms with Crippen LogP contribution < -0.4 is 10.6 Å². The lowest BCUT2D eigenvalue weighted by Crippen LogP contribution is -2.37. The predicted octanol–water partition coefficient (Wildman–Crippen LogP) is 6.55. The lowest BCUT2D eigenvalue weighted by Gasteiger charge is -2.37. The summed E-state index contributed by atoms with van der Waals surface area (Å²) in [6.45, 7) is 1.85. The first-order valence-corrected chi connectivity index (χ1v) is 13.2. The third kappa shape index (κ3) is 4.61. The Balaban J connectivity index is 1.57. The Morgan fingerprint density at radius 1 is 0.944 bits per heavy atom. The van der Waals surface area contributed by atoms with Crippen LogP contribution in [0.1, 0.15) is 42.7 Å². The number of halogens is 1. The van der Waals surface area contributed by atoms with Gasteiger partial charge in [-0.05, 0) is 60.9 Å². The summed E-state index contributed by atoms with van der Waals surface area (Å²) in [6.07, 6.45) is 3.07. The molecule has 0 unspecified atom stereocenters. The van der Waals surface area contributed by atoms with Crippen LogP contribution in [0.25, 0.3) is 0 Å². The van der Waals surface area contributed by atoms with E-state index in [0.29, 0.717) is 29.7 Å². The summed E-state index contributed by atoms with van der Waals surface area (Å²) in [6, 6.07) is 24.1. The van der Waals surface area contributed by atoms with Gasteiger partial charge in [-0.15, -0.1) is 11.8 Å². The second-order valence-corrected chi connectivity index (χ2v) is 10.0. The van der Waals surface area contributed by atoms with Gasteiger partial charge in [-0.25, -0.2) is 4.39 Å². The highest BCUT2D eigenvalue weighted by Crippen LogP contribution is 2.45. The quantitative estimate of drug-likeness (QED) is 0.392. The van der Waals surface area contributed by atoms with Crippen LogP contribution in [0.3, 0.4) is 0 Å². The van der Waals surface area contributed by atoms with E-state index in [0.717, 1.165) is 21.7 Å². The van der Waals surface area contributed by atoms with Gasteiger partial charge in [0, 0.05) is 39.8 Å². The first-order valence-electron chi connectivity index (χ1n) is 11.9. The number of benzene rings is 3. The van der Waals surface area contributed by atoms with Crippen molar-refractivity contribution < 1.29 is 14.0 Å². The van der Waals surface area contributed by atoms with E-state index in [2.05, 4.69) is 22.8 Å². The molecule has 36 heavy (non-hydrogen) atoms. The number of para-hydroxylation sites is 1. The van der Waals surface area contributed by atoms with Crippen LogP contribution in [-0.4, -0.2) is 17.9 Å². The topological polar surface area (TPSA) is 58.2 Å². The summed E-state index contributed by atoms with van der Waals surface area (Å²) >= 11 is 1.63. The summed E-state index contributed by atoms with van der Waals surface area (Å²) < 4.78 is 14.3. The van der Waals surface area contributed by atoms with Gasteiger partial charge in [0.15, 0.2) is 5.78 Å². The van der Waals surface area contributed by atoms with Gasteiger partial charge in [-0.1, -0.05) is 54.6 Å². The Morgan fingerprint density at radius 2 is 1.64 bits per heavy atom. The number of ketones is 1. The predicted molar refractivity (Wildman–Crippen MR) is 142 cm³/mol. The Hall–Kier alpha value is -3.64. The van der Waals surface area contributed by atoms with Crippen LogP contribution in [0.5, 0.6) is 0 Å². The van der Waals surface area contributed by atoms with E-state index in [1.54, 1.807) is 23.9 Å². The molecule has 1 aliphatic heterocycles. The molecular weight excluding hydrogens is 471 g/mol. The van der Waals surface area contributed by atoms with Crippen molar-refractivity contribution in [3.63, 3.8) is 0 Å². The first-order chi connectivity index (χ1) is 17.5. The molecule has 2 atom stereocenters. The highest BCUT2D eigenvalue weighted by molar-refractivity contribution is 7.98. The van der Waals surface area contributed by atoms with Crippen molar-refractivity contribution in [2.24, 2.45) is 0 Å². The largest absolute Gasteiger partial charge is 0.362 e. The van der Waals surface area contributed by atoms with Crippen molar-refractivity contribution in [1.29, 1.82) is 0 Å². The van der Waals surface area contributed by atoms with Crippen LogP contribution in [0, 0.1) is 5.82 Å². The van der Waals surface area contributed by atoms with Gasteiger partial charge < -0.3 is 10.6 Å². The maximum Gasteiger partial charge on any atom is 0.254 e. The smallest absolute Gasteiger partial charge is 0.254 e. The van der Waals surface area contributed by atoms with Crippen molar-refractivity contribution in [2.75, 3.05) is 11.6 Å². The zero-order valence-corrected chi connectivity index (χ0v) is 21.0. The summed E-state index contributed by atoms with van der Waals surface area (Å²) in [5.74, 6) is -1.36. The fourth-order valence-corrected chi connectivity index (χ4v) is 5.59. The lowest BCUT2D eigenvalue weighted by atomic mass is 9.71. The molecular formula is C30H27FN2O2S. The molecule has 6 heteroatoms. The Morgan fingerprint density at radius 3 is 2.33 bits per heavy atom. The highest BCUT2D eigenvalue weighted by Gasteiger charge is 2.41. The Kier molecular flexibility index (Phi) is 6.79. The Bertz CT molecular complexity index is 1380. The molecule has 2 N–H and O–H groups in total. The van der Waals surface area contributed by atoms with Gasteiger partial charge in [0.05, 0.1) is 5.69 Å². The number of dihydropyridines is 1. The number of amides is 1. The van der Waals surface area contributed by atoms with Gasteiger partial charge in [0.1, 0.15) is 5.82 Å². The fraction of sp³-hybridized carbons (Fsp3) is 0.200. The molecule has 0 saturated carbocycles. The minimum Gasteiger partial charge on any atom is -0.362 e. The monoisotopic (exact) mass is 498 g/mol. The molecule has 1 heterocycles. The molecule has 0 bridgehead atoms. The van der Waals surface area contributed by atoms with Crippen molar-refractivity contribution in [1.82, 2.24) is 5.32 Å². The van der Waals surface area contributed by atoms with Crippen LogP contribution in [0.4, 0.5) is 10.1 Å². The summed E-state index contributed by atoms with van der Waals surface area (Å²) in [7, 11) is 0. The van der Waals surface area contributed by atoms with Crippen molar-refractivity contribution >= 4 is 29.1 Å². The molecule has 0 spiro atoms. The van der Waals surface area contributed by atoms with Crippen LogP contribution >= 0.6 is 11.8 Å². The number of carbonyl (C=O) groups excluding carboxylic acids is 2. The number of allylic oxidation sites excluding steroid dienone is 3. The Labute approximate surface area is 214 Å². The highest BCUT2D eigenvalue weighted by atomic mass is 32.2. The number of nitrogens with one attached hydrogen (secondary N) is 2. The minimum absolute atomic E-state index is 0.0280. The summed E-state index contributed by atoms with van der Waals surface area (Å²) in [5, 5.41) is 6.11. The van der Waals surface area contributed by atoms with Gasteiger partial charge in [-0.2, -0.15) is 0 Å². The number of thioether (sulfide) groups is 1. The number of hydrogen-bond donors (Lipinski definition) is 2. The van der Waals surface area contributed by atoms with E-state index in [-0.39, 0.29) is 17.4 Å². The lowest BCUT2D eigenvalue weighted by molar-refractivity contribution is -0.116. The average Bonchev–Trinajstić information content (AvgIpc) is 2.89. The molecule has 1 aliphatic carbocycles. The van der Waals surface area contributed by atoms with Gasteiger partial charge in [-0.3, -0.25) is 9.59 Å². The normalized spacial score (nSPS) is 19.6. The van der Waals surface area contributed by atoms with Crippen LogP contribution in [-0.2, 0) is 9.59 Å². The standard InChI is InChI=1S/C30H27FN2O2S/c1-18-27(30(35)33-24-11-7-6-10-23(24)31)28(20-12-14-22(36-2)15-13-20)29-25(32-18)16-21(17-26(29)34)19-8-4-3-5-9-19/h3-15,21,28,32H,16-17H2,1-2H3,(H,33,35)/t21-,28-/m0/s1. The van der Waals surface area contributed by atoms with Crippen LogP contribution in [0.2, 0.25) is 0 Å². The van der Waals surface area contributed by atoms with Gasteiger partial charge in [0.25, 0.3) is 5.91 Å². The molecule has 182 valence electrons. The van der Waals surface area contributed by atoms with Crippen LogP contribution in [0.15, 0.2) is 106 Å². The van der Waals surface area contributed by atoms with E-state index in [1.165, 1.54) is 12.1 Å². The SMILES string of the molecule is CSc1ccc([C@H]2C(C(=O)Nc3ccccc3F)=C(C)NC3=C2C(=O)C[C@@H](c2ccccc2)C3)cc1. The van der Waals surface area contributed by atoms with E-state index < -0.39 is 17.6 Å². The molecule has 3 aromatic rings. The molecule has 2 aliphatic rings. The molecule has 5 rings (SSSR count). The average molecular weight is 499 g/mol. The van der Waals surface area contributed by atoms with Gasteiger partial charge in [0.2, 0.25) is 0 Å². The van der Waals surface area contributed by atoms with E-state index in [1.807, 2.05) is 55.6 Å². The number of Topliss-reactive ketones (excluding diaryl/α,β-unsaturated/α-hetero) is 1. The van der Waals surface area contributed by atoms with Crippen molar-refractivity contribution in [3.05, 3.63) is 118 Å². The number of hydrogen-bond acceptors (Lipinski definition) is 4. The summed E-state index contributed by atoms with van der Waals surface area (Å²) in [4.78, 5) is 28.4. The molecule has 4 nitrogen and oxygen atoms in total. The molecule has 1 amide bonds. The maximum absolute atomic E-state index is 14.3. The second kappa shape index (κ2) is 10.2. The van der Waals surface area contributed by atoms with Crippen molar-refractivity contribution in [3.8, 4) is 0 Å². The van der Waals surface area contributed by atoms with Crippen molar-refractivity contribution in [2.45, 2.75) is 36.5 Å². The zero-order chi connectivity index (χ0) is 25.2. The summed E-state index contributed by atoms with van der Waals surface area (Å²) in [5.41, 5.74) is 4.69. The zero-order valence-electron chi connectivity index (χ0n) is 20.2. The third-order valence-electron chi connectivity index (χ3n) is 6.91. The second-order valence-electron chi connectivity index (χ2n) is 9.14. The van der Waals surface area contributed by atoms with E-state index >= 15 is 0 Å². The number of rotatable bonds is 5. The molecule has 0 fully saturated rings. The van der Waals surface area contributed by atoms with E-state index in [9.17, 15) is 14.0 Å². The minimum atomic E-state index is -0.534. The third-order valence-corrected chi connectivity index (χ3v) is 7.66. The first kappa shape index (κ1) is 24.1. The van der Waals surface area contributed by atoms with E-state index in [4.69, 9.17) is 0 Å². The number of carbonyl (C=O) groups is 2.